The zero-order chi connectivity index (χ0) is 23.0. The molecule has 2 aliphatic heterocycles. The SMILES string of the molecule is O=S(=O)(c1ccccc1Cl)N1CCC2(CCN(Cc3ccc(OC(F)(F)F)cc3)C2)CC1. The Hall–Kier alpha value is -1.81. The van der Waals surface area contributed by atoms with Gasteiger partial charge in [-0.3, -0.25) is 4.90 Å². The first-order valence-corrected chi connectivity index (χ1v) is 12.2. The topological polar surface area (TPSA) is 49.9 Å². The van der Waals surface area contributed by atoms with E-state index in [9.17, 15) is 21.6 Å². The fourth-order valence-corrected chi connectivity index (χ4v) is 6.55. The number of alkyl halides is 3. The van der Waals surface area contributed by atoms with Crippen LogP contribution in [0.15, 0.2) is 53.4 Å². The summed E-state index contributed by atoms with van der Waals surface area (Å²) in [5.74, 6) is -0.230. The Bertz CT molecular complexity index is 1050. The van der Waals surface area contributed by atoms with Gasteiger partial charge in [0, 0.05) is 26.2 Å². The van der Waals surface area contributed by atoms with Gasteiger partial charge in [-0.1, -0.05) is 35.9 Å². The third-order valence-electron chi connectivity index (χ3n) is 6.32. The van der Waals surface area contributed by atoms with E-state index in [1.807, 2.05) is 0 Å². The Morgan fingerprint density at radius 3 is 2.22 bits per heavy atom. The number of piperidine rings is 1. The quantitative estimate of drug-likeness (QED) is 0.599. The Morgan fingerprint density at radius 1 is 0.969 bits per heavy atom. The molecule has 10 heteroatoms. The minimum atomic E-state index is -4.70. The van der Waals surface area contributed by atoms with Crippen LogP contribution in [0.2, 0.25) is 5.02 Å². The maximum atomic E-state index is 13.0. The van der Waals surface area contributed by atoms with Gasteiger partial charge in [-0.05, 0) is 61.1 Å². The fraction of sp³-hybridized carbons (Fsp3) is 0.455. The Morgan fingerprint density at radius 2 is 1.59 bits per heavy atom. The molecule has 0 aliphatic carbocycles. The smallest absolute Gasteiger partial charge is 0.406 e. The molecule has 5 nitrogen and oxygen atoms in total. The highest BCUT2D eigenvalue weighted by molar-refractivity contribution is 7.89. The normalized spacial score (nSPS) is 20.0. The van der Waals surface area contributed by atoms with Gasteiger partial charge >= 0.3 is 6.36 Å². The van der Waals surface area contributed by atoms with Crippen molar-refractivity contribution < 1.29 is 26.3 Å². The second-order valence-electron chi connectivity index (χ2n) is 8.49. The van der Waals surface area contributed by atoms with Gasteiger partial charge in [0.25, 0.3) is 0 Å². The maximum Gasteiger partial charge on any atom is 0.573 e. The van der Waals surface area contributed by atoms with E-state index in [2.05, 4.69) is 9.64 Å². The van der Waals surface area contributed by atoms with Gasteiger partial charge in [-0.25, -0.2) is 8.42 Å². The summed E-state index contributed by atoms with van der Waals surface area (Å²) in [6.07, 6.45) is -2.18. The first-order valence-electron chi connectivity index (χ1n) is 10.4. The number of likely N-dealkylation sites (tertiary alicyclic amines) is 1. The summed E-state index contributed by atoms with van der Waals surface area (Å²) in [6.45, 7) is 3.25. The first-order chi connectivity index (χ1) is 15.1. The second kappa shape index (κ2) is 8.85. The van der Waals surface area contributed by atoms with Crippen LogP contribution < -0.4 is 4.74 Å². The van der Waals surface area contributed by atoms with E-state index in [0.29, 0.717) is 19.6 Å². The summed E-state index contributed by atoms with van der Waals surface area (Å²) in [6, 6.07) is 12.4. The molecule has 4 rings (SSSR count). The zero-order valence-corrected chi connectivity index (χ0v) is 18.9. The molecule has 2 aromatic rings. The van der Waals surface area contributed by atoms with Crippen molar-refractivity contribution in [3.05, 3.63) is 59.1 Å². The number of hydrogen-bond acceptors (Lipinski definition) is 4. The van der Waals surface area contributed by atoms with Gasteiger partial charge in [-0.2, -0.15) is 4.31 Å². The molecule has 0 amide bonds. The van der Waals surface area contributed by atoms with Crippen LogP contribution in [0.1, 0.15) is 24.8 Å². The molecule has 2 heterocycles. The lowest BCUT2D eigenvalue weighted by molar-refractivity contribution is -0.274. The first kappa shape index (κ1) is 23.4. The predicted molar refractivity (Wildman–Crippen MR) is 115 cm³/mol. The van der Waals surface area contributed by atoms with Gasteiger partial charge in [0.2, 0.25) is 10.0 Å². The third kappa shape index (κ3) is 5.22. The molecular formula is C22H24ClF3N2O3S. The average molecular weight is 489 g/mol. The number of rotatable bonds is 5. The Labute approximate surface area is 190 Å². The molecular weight excluding hydrogens is 465 g/mol. The molecule has 0 radical (unpaired) electrons. The molecule has 2 saturated heterocycles. The lowest BCUT2D eigenvalue weighted by atomic mass is 9.78. The van der Waals surface area contributed by atoms with Crippen LogP contribution in [0.3, 0.4) is 0 Å². The third-order valence-corrected chi connectivity index (χ3v) is 8.72. The summed E-state index contributed by atoms with van der Waals surface area (Å²) in [7, 11) is -3.62. The standard InChI is InChI=1S/C22H24ClF3N2O3S/c23-19-3-1-2-4-20(19)32(29,30)28-13-10-21(11-14-28)9-12-27(16-21)15-17-5-7-18(8-6-17)31-22(24,25)26/h1-8H,9-16H2. The number of hydrogen-bond donors (Lipinski definition) is 0. The maximum absolute atomic E-state index is 13.0. The Kier molecular flexibility index (Phi) is 6.46. The van der Waals surface area contributed by atoms with Crippen molar-refractivity contribution in [1.29, 1.82) is 0 Å². The average Bonchev–Trinajstić information content (AvgIpc) is 3.11. The number of nitrogens with zero attached hydrogens (tertiary/aromatic N) is 2. The summed E-state index contributed by atoms with van der Waals surface area (Å²) in [5, 5.41) is 0.228. The highest BCUT2D eigenvalue weighted by Gasteiger charge is 2.43. The van der Waals surface area contributed by atoms with Crippen molar-refractivity contribution in [2.75, 3.05) is 26.2 Å². The van der Waals surface area contributed by atoms with E-state index in [1.54, 1.807) is 30.3 Å². The molecule has 1 spiro atoms. The van der Waals surface area contributed by atoms with Crippen molar-refractivity contribution >= 4 is 21.6 Å². The van der Waals surface area contributed by atoms with Crippen molar-refractivity contribution in [2.24, 2.45) is 5.41 Å². The molecule has 0 unspecified atom stereocenters. The number of ether oxygens (including phenoxy) is 1. The number of halogens is 4. The van der Waals surface area contributed by atoms with E-state index in [-0.39, 0.29) is 21.1 Å². The summed E-state index contributed by atoms with van der Waals surface area (Å²) >= 11 is 6.11. The zero-order valence-electron chi connectivity index (χ0n) is 17.3. The summed E-state index contributed by atoms with van der Waals surface area (Å²) < 4.78 is 68.3. The van der Waals surface area contributed by atoms with Crippen LogP contribution in [0.25, 0.3) is 0 Å². The molecule has 2 aliphatic rings. The Balaban J connectivity index is 1.34. The van der Waals surface area contributed by atoms with Crippen molar-refractivity contribution in [3.8, 4) is 5.75 Å². The van der Waals surface area contributed by atoms with E-state index in [0.717, 1.165) is 37.9 Å². The summed E-state index contributed by atoms with van der Waals surface area (Å²) in [4.78, 5) is 2.42. The van der Waals surface area contributed by atoms with Crippen molar-refractivity contribution in [3.63, 3.8) is 0 Å². The van der Waals surface area contributed by atoms with Gasteiger partial charge in [0.05, 0.1) is 5.02 Å². The van der Waals surface area contributed by atoms with Crippen LogP contribution in [-0.2, 0) is 16.6 Å². The van der Waals surface area contributed by atoms with Crippen LogP contribution in [0.5, 0.6) is 5.75 Å². The van der Waals surface area contributed by atoms with Crippen molar-refractivity contribution in [2.45, 2.75) is 37.1 Å². The molecule has 2 fully saturated rings. The van der Waals surface area contributed by atoms with Crippen LogP contribution >= 0.6 is 11.6 Å². The lowest BCUT2D eigenvalue weighted by Crippen LogP contribution is -2.44. The molecule has 0 N–H and O–H groups in total. The van der Waals surface area contributed by atoms with E-state index >= 15 is 0 Å². The molecule has 2 aromatic carbocycles. The monoisotopic (exact) mass is 488 g/mol. The van der Waals surface area contributed by atoms with Gasteiger partial charge in [-0.15, -0.1) is 13.2 Å². The predicted octanol–water partition coefficient (Wildman–Crippen LogP) is 4.92. The molecule has 0 saturated carbocycles. The minimum absolute atomic E-state index is 0.0613. The van der Waals surface area contributed by atoms with Gasteiger partial charge in [0.1, 0.15) is 10.6 Å². The second-order valence-corrected chi connectivity index (χ2v) is 10.8. The highest BCUT2D eigenvalue weighted by Crippen LogP contribution is 2.42. The molecule has 0 aromatic heterocycles. The molecule has 174 valence electrons. The van der Waals surface area contributed by atoms with Crippen LogP contribution in [0.4, 0.5) is 13.2 Å². The van der Waals surface area contributed by atoms with Crippen LogP contribution in [0, 0.1) is 5.41 Å². The number of benzene rings is 2. The van der Waals surface area contributed by atoms with Crippen LogP contribution in [-0.4, -0.2) is 50.2 Å². The van der Waals surface area contributed by atoms with E-state index in [1.165, 1.54) is 22.5 Å². The van der Waals surface area contributed by atoms with E-state index < -0.39 is 16.4 Å². The minimum Gasteiger partial charge on any atom is -0.406 e. The number of sulfonamides is 1. The fourth-order valence-electron chi connectivity index (χ4n) is 4.62. The van der Waals surface area contributed by atoms with Crippen molar-refractivity contribution in [1.82, 2.24) is 9.21 Å². The molecule has 0 bridgehead atoms. The summed E-state index contributed by atoms with van der Waals surface area (Å²) in [5.41, 5.74) is 0.974. The van der Waals surface area contributed by atoms with E-state index in [4.69, 9.17) is 11.6 Å². The molecule has 32 heavy (non-hydrogen) atoms. The van der Waals surface area contributed by atoms with Gasteiger partial charge < -0.3 is 4.74 Å². The van der Waals surface area contributed by atoms with Gasteiger partial charge in [0.15, 0.2) is 0 Å². The highest BCUT2D eigenvalue weighted by atomic mass is 35.5. The molecule has 0 atom stereocenters. The largest absolute Gasteiger partial charge is 0.573 e. The lowest BCUT2D eigenvalue weighted by Gasteiger charge is -2.38.